The van der Waals surface area contributed by atoms with Crippen molar-refractivity contribution in [1.29, 1.82) is 0 Å². The molecule has 0 bridgehead atoms. The minimum absolute atomic E-state index is 0.000621. The number of nitrogens with one attached hydrogen (secondary N) is 4. The Morgan fingerprint density at radius 3 is 2.33 bits per heavy atom. The number of rotatable bonds is 22. The fourth-order valence-corrected chi connectivity index (χ4v) is 11.3. The second-order valence-electron chi connectivity index (χ2n) is 20.3. The number of β-amino-alcohol motifs (C(OH)–C–C–N with tert-alkyl or cyclic N) is 1. The molecule has 3 aromatic carbocycles. The maximum absolute atomic E-state index is 14.4. The van der Waals surface area contributed by atoms with Gasteiger partial charge in [0, 0.05) is 44.7 Å². The largest absolute Gasteiger partial charge is 0.495 e. The minimum atomic E-state index is -2.59. The van der Waals surface area contributed by atoms with Crippen molar-refractivity contribution in [2.24, 2.45) is 5.41 Å². The van der Waals surface area contributed by atoms with Crippen molar-refractivity contribution in [2.75, 3.05) is 51.2 Å². The van der Waals surface area contributed by atoms with Gasteiger partial charge in [-0.05, 0) is 105 Å². The molecule has 1 aliphatic rings. The summed E-state index contributed by atoms with van der Waals surface area (Å²) in [4.78, 5) is 71.9. The number of amides is 4. The summed E-state index contributed by atoms with van der Waals surface area (Å²) in [6.45, 7) is 15.4. The molecule has 19 heteroatoms. The summed E-state index contributed by atoms with van der Waals surface area (Å²) in [5.41, 5.74) is 7.35. The van der Waals surface area contributed by atoms with Crippen LogP contribution >= 0.6 is 30.1 Å². The molecule has 4 amide bonds. The molecule has 3 heterocycles. The van der Waals surface area contributed by atoms with E-state index in [0.29, 0.717) is 65.5 Å². The zero-order chi connectivity index (χ0) is 53.2. The van der Waals surface area contributed by atoms with Gasteiger partial charge in [-0.3, -0.25) is 19.2 Å². The molecule has 5 aromatic rings. The van der Waals surface area contributed by atoms with Gasteiger partial charge in [0.2, 0.25) is 29.6 Å². The molecule has 2 aromatic heterocycles. The van der Waals surface area contributed by atoms with Crippen molar-refractivity contribution < 1.29 is 33.6 Å². The van der Waals surface area contributed by atoms with Crippen LogP contribution in [0.2, 0.25) is 5.02 Å². The molecule has 5 N–H and O–H groups in total. The quantitative estimate of drug-likeness (QED) is 0.0325. The number of aliphatic hydroxyl groups excluding tert-OH is 1. The third-order valence-corrected chi connectivity index (χ3v) is 15.9. The predicted molar refractivity (Wildman–Crippen MR) is 292 cm³/mol. The summed E-state index contributed by atoms with van der Waals surface area (Å²) >= 11 is 8.05. The standard InChI is InChI=1S/C54H71ClN9O7PS/c1-33-27-42(61-53-57-30-40(55)50(62-53)60-41-17-15-16-18-45(41)72(9,10)70)44(71-8)28-38(33)25-26-56-46(66)19-13-11-12-14-20-47(67)63(7)49(54(4,5)6)52(69)64-31-39(65)29-43(64)51(68)59-34(2)36-21-23-37(24-22-36)48-35(3)58-32-73-48/h15-18,21-24,27-28,30,32,34,39,43,49,65H,11-14,19-20,25-26,29,31H2,1-10H3,(H,56,66)(H,59,68)(H2,57,60,61,62)/t34-,39+,43-,49+/m0/s1. The molecule has 4 atom stereocenters. The number of aryl methyl sites for hydroxylation is 2. The number of thiazole rings is 1. The zero-order valence-electron chi connectivity index (χ0n) is 43.7. The Morgan fingerprint density at radius 1 is 0.973 bits per heavy atom. The van der Waals surface area contributed by atoms with Crippen LogP contribution in [0.3, 0.4) is 0 Å². The smallest absolute Gasteiger partial charge is 0.246 e. The van der Waals surface area contributed by atoms with Gasteiger partial charge in [-0.25, -0.2) is 9.97 Å². The summed E-state index contributed by atoms with van der Waals surface area (Å²) in [5, 5.41) is 24.2. The number of benzene rings is 3. The van der Waals surface area contributed by atoms with Gasteiger partial charge in [-0.15, -0.1) is 11.3 Å². The van der Waals surface area contributed by atoms with Crippen molar-refractivity contribution in [3.05, 3.63) is 99.8 Å². The highest BCUT2D eigenvalue weighted by molar-refractivity contribution is 7.70. The normalized spacial score (nSPS) is 15.6. The summed E-state index contributed by atoms with van der Waals surface area (Å²) < 4.78 is 18.7. The third kappa shape index (κ3) is 14.9. The van der Waals surface area contributed by atoms with Crippen LogP contribution in [0.25, 0.3) is 10.4 Å². The molecule has 0 radical (unpaired) electrons. The number of para-hydroxylation sites is 1. The number of ether oxygens (including phenoxy) is 1. The Hall–Kier alpha value is -5.87. The first-order valence-electron chi connectivity index (χ1n) is 24.8. The fourth-order valence-electron chi connectivity index (χ4n) is 9.21. The van der Waals surface area contributed by atoms with E-state index in [1.807, 2.05) is 108 Å². The van der Waals surface area contributed by atoms with Gasteiger partial charge in [-0.2, -0.15) is 4.98 Å². The molecule has 0 unspecified atom stereocenters. The Morgan fingerprint density at radius 2 is 1.67 bits per heavy atom. The number of carbonyl (C=O) groups is 4. The van der Waals surface area contributed by atoms with Crippen molar-refractivity contribution in [3.63, 3.8) is 0 Å². The molecule has 392 valence electrons. The Kier molecular flexibility index (Phi) is 19.3. The van der Waals surface area contributed by atoms with Gasteiger partial charge in [0.25, 0.3) is 0 Å². The molecule has 0 spiro atoms. The van der Waals surface area contributed by atoms with Crippen molar-refractivity contribution in [3.8, 4) is 16.2 Å². The van der Waals surface area contributed by atoms with Crippen molar-refractivity contribution in [2.45, 2.75) is 117 Å². The summed E-state index contributed by atoms with van der Waals surface area (Å²) in [5.74, 6) is 0.245. The Balaban J connectivity index is 0.930. The number of aliphatic hydroxyl groups is 1. The van der Waals surface area contributed by atoms with E-state index in [1.54, 1.807) is 38.8 Å². The van der Waals surface area contributed by atoms with Crippen LogP contribution in [0.4, 0.5) is 23.1 Å². The number of carbonyl (C=O) groups excluding carboxylic acids is 4. The first-order chi connectivity index (χ1) is 34.5. The maximum Gasteiger partial charge on any atom is 0.246 e. The van der Waals surface area contributed by atoms with E-state index >= 15 is 0 Å². The second-order valence-corrected chi connectivity index (χ2v) is 24.7. The molecule has 6 rings (SSSR count). The fraction of sp³-hybridized carbons (Fsp3) is 0.463. The van der Waals surface area contributed by atoms with E-state index in [9.17, 15) is 28.8 Å². The molecule has 1 aliphatic heterocycles. The van der Waals surface area contributed by atoms with E-state index < -0.39 is 30.7 Å². The lowest BCUT2D eigenvalue weighted by Gasteiger charge is -2.40. The van der Waals surface area contributed by atoms with Crippen molar-refractivity contribution in [1.82, 2.24) is 35.4 Å². The van der Waals surface area contributed by atoms with Crippen molar-refractivity contribution >= 4 is 82.2 Å². The number of hydrogen-bond donors (Lipinski definition) is 5. The Labute approximate surface area is 438 Å². The third-order valence-electron chi connectivity index (χ3n) is 13.1. The molecule has 0 aliphatic carbocycles. The van der Waals surface area contributed by atoms with E-state index in [1.165, 1.54) is 16.0 Å². The Bertz CT molecular complexity index is 2800. The van der Waals surface area contributed by atoms with Gasteiger partial charge in [-0.1, -0.05) is 81.6 Å². The summed E-state index contributed by atoms with van der Waals surface area (Å²) in [6, 6.07) is 17.1. The molecule has 0 saturated carbocycles. The number of aromatic nitrogens is 3. The van der Waals surface area contributed by atoms with Crippen LogP contribution in [0, 0.1) is 19.3 Å². The van der Waals surface area contributed by atoms with Gasteiger partial charge >= 0.3 is 0 Å². The predicted octanol–water partition coefficient (Wildman–Crippen LogP) is 9.33. The SMILES string of the molecule is COc1cc(CCNC(=O)CCCCCCC(=O)N(C)[C@H](C(=O)N2C[C@H](O)C[C@H]2C(=O)N[C@@H](C)c2ccc(-c3scnc3C)cc2)C(C)(C)C)c(C)cc1Nc1ncc(Cl)c(Nc2ccccc2P(C)(C)=O)n1. The number of likely N-dealkylation sites (tertiary alicyclic amines) is 1. The van der Waals surface area contributed by atoms with Gasteiger partial charge in [0.1, 0.15) is 30.0 Å². The molecular weight excluding hydrogens is 985 g/mol. The van der Waals surface area contributed by atoms with E-state index in [2.05, 4.69) is 36.2 Å². The van der Waals surface area contributed by atoms with Crippen LogP contribution in [0.15, 0.2) is 72.4 Å². The summed E-state index contributed by atoms with van der Waals surface area (Å²) in [7, 11) is 0.627. The topological polar surface area (TPSA) is 208 Å². The number of methoxy groups -OCH3 is 1. The van der Waals surface area contributed by atoms with Gasteiger partial charge in [0.15, 0.2) is 5.82 Å². The van der Waals surface area contributed by atoms with E-state index in [0.717, 1.165) is 45.7 Å². The second kappa shape index (κ2) is 24.9. The van der Waals surface area contributed by atoms with Gasteiger partial charge < -0.3 is 45.5 Å². The zero-order valence-corrected chi connectivity index (χ0v) is 46.1. The van der Waals surface area contributed by atoms with Crippen LogP contribution in [-0.2, 0) is 30.2 Å². The molecule has 73 heavy (non-hydrogen) atoms. The molecular formula is C54H71ClN9O7PS. The van der Waals surface area contributed by atoms with E-state index in [-0.39, 0.29) is 55.0 Å². The number of hydrogen-bond acceptors (Lipinski definition) is 13. The van der Waals surface area contributed by atoms with Crippen LogP contribution in [-0.4, -0.2) is 112 Å². The minimum Gasteiger partial charge on any atom is -0.495 e. The lowest BCUT2D eigenvalue weighted by atomic mass is 9.84. The number of likely N-dealkylation sites (N-methyl/N-ethyl adjacent to an activating group) is 1. The number of nitrogens with zero attached hydrogens (tertiary/aromatic N) is 5. The summed E-state index contributed by atoms with van der Waals surface area (Å²) in [6.07, 6.45) is 4.65. The number of unbranched alkanes of at least 4 members (excludes halogenated alkanes) is 3. The van der Waals surface area contributed by atoms with Crippen LogP contribution in [0.5, 0.6) is 5.75 Å². The molecule has 16 nitrogen and oxygen atoms in total. The monoisotopic (exact) mass is 1060 g/mol. The van der Waals surface area contributed by atoms with Crippen LogP contribution < -0.4 is 31.3 Å². The average molecular weight is 1060 g/mol. The lowest BCUT2D eigenvalue weighted by molar-refractivity contribution is -0.151. The molecule has 1 saturated heterocycles. The highest BCUT2D eigenvalue weighted by Gasteiger charge is 2.46. The number of halogens is 1. The molecule has 1 fully saturated rings. The average Bonchev–Trinajstić information content (AvgIpc) is 3.96. The highest BCUT2D eigenvalue weighted by Crippen LogP contribution is 2.39. The first-order valence-corrected chi connectivity index (χ1v) is 28.6. The number of anilines is 4. The van der Waals surface area contributed by atoms with E-state index in [4.69, 9.17) is 16.3 Å². The van der Waals surface area contributed by atoms with Crippen LogP contribution in [0.1, 0.15) is 101 Å². The van der Waals surface area contributed by atoms with Gasteiger partial charge in [0.05, 0.1) is 52.9 Å². The highest BCUT2D eigenvalue weighted by atomic mass is 35.5. The lowest BCUT2D eigenvalue weighted by Crippen LogP contribution is -2.58. The first kappa shape index (κ1) is 56.4. The maximum atomic E-state index is 14.4.